The lowest BCUT2D eigenvalue weighted by Crippen LogP contribution is -2.63. The van der Waals surface area contributed by atoms with Crippen LogP contribution in [0, 0.1) is 47.3 Å². The molecule has 14 heteroatoms. The summed E-state index contributed by atoms with van der Waals surface area (Å²) >= 11 is 0. The van der Waals surface area contributed by atoms with Gasteiger partial charge >= 0.3 is 5.97 Å². The van der Waals surface area contributed by atoms with Crippen molar-refractivity contribution in [2.24, 2.45) is 47.3 Å². The van der Waals surface area contributed by atoms with Gasteiger partial charge in [0.15, 0.2) is 29.4 Å². The molecule has 6 aliphatic rings. The van der Waals surface area contributed by atoms with Crippen molar-refractivity contribution in [1.29, 1.82) is 0 Å². The molecule has 6 aliphatic heterocycles. The van der Waals surface area contributed by atoms with Gasteiger partial charge in [-0.05, 0) is 64.9 Å². The molecule has 0 amide bonds. The van der Waals surface area contributed by atoms with Gasteiger partial charge < -0.3 is 58.3 Å². The number of aliphatic hydroxyl groups excluding tert-OH is 2. The fourth-order valence-electron chi connectivity index (χ4n) is 11.8. The quantitative estimate of drug-likeness (QED) is 0.154. The third-order valence-electron chi connectivity index (χ3n) is 15.9. The van der Waals surface area contributed by atoms with E-state index in [0.29, 0.717) is 37.7 Å². The average molecular weight is 867 g/mol. The van der Waals surface area contributed by atoms with Crippen molar-refractivity contribution in [2.75, 3.05) is 13.7 Å². The van der Waals surface area contributed by atoms with Crippen LogP contribution in [0.4, 0.5) is 0 Å². The first-order chi connectivity index (χ1) is 28.5. The van der Waals surface area contributed by atoms with Crippen LogP contribution in [0.2, 0.25) is 0 Å². The fraction of sp³-hybridized carbons (Fsp3) is 0.915. The summed E-state index contributed by atoms with van der Waals surface area (Å²) in [6, 6.07) is 0. The predicted octanol–water partition coefficient (Wildman–Crippen LogP) is 6.15. The second-order valence-corrected chi connectivity index (χ2v) is 20.5. The molecule has 21 unspecified atom stereocenters. The van der Waals surface area contributed by atoms with E-state index in [0.717, 1.165) is 19.3 Å². The number of hydrogen-bond acceptors (Lipinski definition) is 13. The summed E-state index contributed by atoms with van der Waals surface area (Å²) < 4.78 is 53.1. The van der Waals surface area contributed by atoms with Gasteiger partial charge in [0.2, 0.25) is 0 Å². The summed E-state index contributed by atoms with van der Waals surface area (Å²) in [4.78, 5) is 24.7. The van der Waals surface area contributed by atoms with Crippen molar-refractivity contribution in [3.8, 4) is 0 Å². The van der Waals surface area contributed by atoms with Crippen molar-refractivity contribution in [3.05, 3.63) is 11.6 Å². The third kappa shape index (κ3) is 9.57. The summed E-state index contributed by atoms with van der Waals surface area (Å²) in [5, 5.41) is 43.1. The number of methoxy groups -OCH3 is 1. The summed E-state index contributed by atoms with van der Waals surface area (Å²) in [6.45, 7) is 20.8. The topological polar surface area (TPSA) is 189 Å². The molecule has 0 aromatic heterocycles. The Balaban J connectivity index is 1.15. The van der Waals surface area contributed by atoms with Crippen LogP contribution < -0.4 is 0 Å². The van der Waals surface area contributed by atoms with E-state index in [2.05, 4.69) is 27.7 Å². The predicted molar refractivity (Wildman–Crippen MR) is 224 cm³/mol. The number of ketones is 1. The monoisotopic (exact) mass is 867 g/mol. The summed E-state index contributed by atoms with van der Waals surface area (Å²) in [6.07, 6.45) is 3.63. The largest absolute Gasteiger partial charge is 0.481 e. The molecule has 21 atom stereocenters. The normalized spacial score (nSPS) is 48.6. The number of carbonyl (C=O) groups excluding carboxylic acids is 1. The second-order valence-electron chi connectivity index (χ2n) is 20.5. The Hall–Kier alpha value is -1.56. The van der Waals surface area contributed by atoms with Crippen LogP contribution in [0.15, 0.2) is 11.6 Å². The van der Waals surface area contributed by atoms with E-state index < -0.39 is 90.1 Å². The zero-order chi connectivity index (χ0) is 45.0. The van der Waals surface area contributed by atoms with Crippen molar-refractivity contribution in [3.63, 3.8) is 0 Å². The van der Waals surface area contributed by atoms with Crippen LogP contribution in [-0.4, -0.2) is 124 Å². The van der Waals surface area contributed by atoms with Gasteiger partial charge in [-0.2, -0.15) is 0 Å². The molecule has 0 radical (unpaired) electrons. The number of carbonyl (C=O) groups is 2. The number of carboxylic acid groups (broad SMARTS) is 1. The minimum Gasteiger partial charge on any atom is -0.481 e. The van der Waals surface area contributed by atoms with Gasteiger partial charge in [0.1, 0.15) is 0 Å². The molecule has 6 saturated heterocycles. The number of rotatable bonds is 13. The van der Waals surface area contributed by atoms with Crippen LogP contribution in [0.25, 0.3) is 0 Å². The number of allylic oxidation sites excluding steroid dienone is 1. The fourth-order valence-corrected chi connectivity index (χ4v) is 11.8. The molecule has 6 heterocycles. The molecule has 0 saturated carbocycles. The molecule has 14 nitrogen and oxygen atoms in total. The van der Waals surface area contributed by atoms with E-state index in [9.17, 15) is 30.0 Å². The van der Waals surface area contributed by atoms with E-state index in [1.165, 1.54) is 0 Å². The Morgan fingerprint density at radius 2 is 1.61 bits per heavy atom. The smallest absolute Gasteiger partial charge is 0.306 e. The van der Waals surface area contributed by atoms with Gasteiger partial charge in [0.05, 0.1) is 67.0 Å². The Bertz CT molecular complexity index is 1570. The van der Waals surface area contributed by atoms with Crippen LogP contribution in [0.3, 0.4) is 0 Å². The van der Waals surface area contributed by atoms with Crippen LogP contribution in [0.1, 0.15) is 134 Å². The minimum absolute atomic E-state index is 0.0147. The van der Waals surface area contributed by atoms with Gasteiger partial charge in [0.25, 0.3) is 0 Å². The van der Waals surface area contributed by atoms with Crippen LogP contribution in [0.5, 0.6) is 0 Å². The summed E-state index contributed by atoms with van der Waals surface area (Å²) in [7, 11) is 1.69. The molecule has 0 aromatic rings. The lowest BCUT2D eigenvalue weighted by Gasteiger charge is -2.52. The summed E-state index contributed by atoms with van der Waals surface area (Å²) in [5.41, 5.74) is -0.196. The van der Waals surface area contributed by atoms with E-state index in [1.807, 2.05) is 33.8 Å². The zero-order valence-electron chi connectivity index (χ0n) is 38.8. The highest BCUT2D eigenvalue weighted by molar-refractivity contribution is 5.96. The first kappa shape index (κ1) is 48.9. The number of aliphatic carboxylic acids is 1. The van der Waals surface area contributed by atoms with Gasteiger partial charge in [0, 0.05) is 67.8 Å². The average Bonchev–Trinajstić information content (AvgIpc) is 3.72. The maximum Gasteiger partial charge on any atom is 0.306 e. The molecule has 0 aliphatic carbocycles. The van der Waals surface area contributed by atoms with Gasteiger partial charge in [-0.15, -0.1) is 0 Å². The van der Waals surface area contributed by atoms with Crippen LogP contribution in [-0.2, 0) is 47.5 Å². The molecule has 2 spiro atoms. The molecule has 0 bridgehead atoms. The Morgan fingerprint density at radius 1 is 0.902 bits per heavy atom. The van der Waals surface area contributed by atoms with E-state index in [4.69, 9.17) is 37.9 Å². The van der Waals surface area contributed by atoms with E-state index in [1.54, 1.807) is 27.9 Å². The highest BCUT2D eigenvalue weighted by Gasteiger charge is 2.64. The Kier molecular flexibility index (Phi) is 15.0. The molecule has 350 valence electrons. The molecule has 6 fully saturated rings. The molecular formula is C47H78O14. The highest BCUT2D eigenvalue weighted by Crippen LogP contribution is 2.56. The second kappa shape index (κ2) is 18.7. The number of aliphatic hydroxyl groups is 3. The van der Waals surface area contributed by atoms with Crippen LogP contribution >= 0.6 is 0 Å². The van der Waals surface area contributed by atoms with Gasteiger partial charge in [-0.1, -0.05) is 61.5 Å². The Labute approximate surface area is 363 Å². The zero-order valence-corrected chi connectivity index (χ0v) is 38.8. The molecule has 4 N–H and O–H groups in total. The van der Waals surface area contributed by atoms with Crippen molar-refractivity contribution in [2.45, 2.75) is 212 Å². The summed E-state index contributed by atoms with van der Waals surface area (Å²) in [5.74, 6) is -7.13. The standard InChI is InChI=1S/C47H78O14/c1-24(39(50)25(2)20-27(4)43(51)52)19-26(3)40-30(7)34(49)22-45(59-40)18-17-44(11,61-45)37-15-13-28(5)47(58-37)29(6)21-36(57-47)42-31(8)41(32(9)46(53,23-48)60-42)56-38-16-14-35(54-12)33(10)55-38/h19,25-38,40-42,48-49,53H,13-18,20-23H2,1-12H3,(H,51,52)/b24-19+. The van der Waals surface area contributed by atoms with Gasteiger partial charge in [-0.25, -0.2) is 0 Å². The lowest BCUT2D eigenvalue weighted by molar-refractivity contribution is -0.384. The number of hydrogen-bond donors (Lipinski definition) is 4. The highest BCUT2D eigenvalue weighted by atomic mass is 16.8. The maximum atomic E-state index is 13.3. The Morgan fingerprint density at radius 3 is 2.25 bits per heavy atom. The SMILES string of the molecule is COC1CCC(OC2C(C)C(C3CC(C)C4(O3)OC(C3(C)CCC5(CC(O)C(C)C(C(C)/C=C(\C)C(=O)C(C)CC(C)C(=O)O)O5)O3)CCC4C)OC(O)(CO)C2C)OC1C. The molecular weight excluding hydrogens is 789 g/mol. The van der Waals surface area contributed by atoms with Crippen molar-refractivity contribution < 1.29 is 67.9 Å². The number of carboxylic acids is 1. The maximum absolute atomic E-state index is 13.3. The molecule has 61 heavy (non-hydrogen) atoms. The number of ether oxygens (including phenoxy) is 8. The molecule has 0 aromatic carbocycles. The van der Waals surface area contributed by atoms with E-state index in [-0.39, 0.29) is 60.1 Å². The minimum atomic E-state index is -1.85. The first-order valence-electron chi connectivity index (χ1n) is 23.2. The van der Waals surface area contributed by atoms with Gasteiger partial charge in [-0.3, -0.25) is 9.59 Å². The lowest BCUT2D eigenvalue weighted by atomic mass is 9.77. The van der Waals surface area contributed by atoms with Crippen molar-refractivity contribution >= 4 is 11.8 Å². The molecule has 6 rings (SSSR count). The van der Waals surface area contributed by atoms with Crippen molar-refractivity contribution in [1.82, 2.24) is 0 Å². The number of Topliss-reactive ketones (excluding diaryl/α,β-unsaturated/α-hetero) is 1. The third-order valence-corrected chi connectivity index (χ3v) is 15.9. The first-order valence-corrected chi connectivity index (χ1v) is 23.2. The van der Waals surface area contributed by atoms with E-state index >= 15 is 0 Å².